The Hall–Kier alpha value is -3.25. The number of fused-ring (bicyclic) bond motifs is 1. The molecule has 6 heteroatoms. The first-order chi connectivity index (χ1) is 18.3. The van der Waals surface area contributed by atoms with Gasteiger partial charge < -0.3 is 19.5 Å². The molecule has 0 aromatic heterocycles. The molecule has 2 aromatic rings. The Morgan fingerprint density at radius 1 is 0.892 bits per heavy atom. The van der Waals surface area contributed by atoms with Gasteiger partial charge in [0.1, 0.15) is 36.9 Å². The average molecular weight is 500 g/mol. The molecule has 0 spiro atoms. The molecule has 3 unspecified atom stereocenters. The van der Waals surface area contributed by atoms with Gasteiger partial charge in [-0.1, -0.05) is 48.9 Å². The fourth-order valence-electron chi connectivity index (χ4n) is 5.30. The summed E-state index contributed by atoms with van der Waals surface area (Å²) in [6.07, 6.45) is 14.7. The summed E-state index contributed by atoms with van der Waals surface area (Å²) in [5.41, 5.74) is 2.37. The maximum Gasteiger partial charge on any atom is 0.286 e. The van der Waals surface area contributed by atoms with Crippen molar-refractivity contribution in [3.05, 3.63) is 84.0 Å². The summed E-state index contributed by atoms with van der Waals surface area (Å²) in [4.78, 5) is 7.22. The highest BCUT2D eigenvalue weighted by Gasteiger charge is 2.36. The van der Waals surface area contributed by atoms with Gasteiger partial charge >= 0.3 is 0 Å². The van der Waals surface area contributed by atoms with E-state index in [1.54, 1.807) is 0 Å². The van der Waals surface area contributed by atoms with Crippen LogP contribution in [0.5, 0.6) is 11.5 Å². The van der Waals surface area contributed by atoms with Crippen molar-refractivity contribution in [2.24, 2.45) is 10.9 Å². The quantitative estimate of drug-likeness (QED) is 0.473. The van der Waals surface area contributed by atoms with Gasteiger partial charge in [0, 0.05) is 6.54 Å². The lowest BCUT2D eigenvalue weighted by atomic mass is 10.0. The minimum absolute atomic E-state index is 0.0170. The number of likely N-dealkylation sites (tertiary alicyclic amines) is 1. The molecule has 6 rings (SSSR count). The standard InChI is InChI=1S/C31H37N3O3/c1-4-18-34(19-5-1)20-21-35-26-14-8-23(9-15-26)22-36-27-16-12-25(13-17-27)30(24-10-11-24)33-31-32-28-6-2-3-7-29(28)37-31/h2-3,6-9,12-17,24,28-30H,1,4-5,10-11,18-22H2,(H,32,33). The van der Waals surface area contributed by atoms with Gasteiger partial charge in [-0.3, -0.25) is 4.90 Å². The van der Waals surface area contributed by atoms with E-state index in [4.69, 9.17) is 19.2 Å². The number of nitrogens with zero attached hydrogens (tertiary/aromatic N) is 2. The molecule has 2 heterocycles. The van der Waals surface area contributed by atoms with E-state index in [9.17, 15) is 0 Å². The van der Waals surface area contributed by atoms with Crippen molar-refractivity contribution in [2.45, 2.75) is 56.9 Å². The molecule has 6 nitrogen and oxygen atoms in total. The Balaban J connectivity index is 0.979. The van der Waals surface area contributed by atoms with E-state index in [-0.39, 0.29) is 18.2 Å². The molecule has 1 saturated heterocycles. The third-order valence-corrected chi connectivity index (χ3v) is 7.64. The molecular formula is C31H37N3O3. The monoisotopic (exact) mass is 499 g/mol. The minimum Gasteiger partial charge on any atom is -0.492 e. The van der Waals surface area contributed by atoms with Crippen LogP contribution in [-0.2, 0) is 11.3 Å². The number of aliphatic imine (C=N–C) groups is 1. The zero-order valence-corrected chi connectivity index (χ0v) is 21.4. The fourth-order valence-corrected chi connectivity index (χ4v) is 5.30. The van der Waals surface area contributed by atoms with Crippen LogP contribution in [0, 0.1) is 5.92 Å². The van der Waals surface area contributed by atoms with Crippen LogP contribution in [0.25, 0.3) is 0 Å². The number of amidine groups is 1. The maximum absolute atomic E-state index is 6.07. The summed E-state index contributed by atoms with van der Waals surface area (Å²) in [5, 5.41) is 3.57. The smallest absolute Gasteiger partial charge is 0.286 e. The van der Waals surface area contributed by atoms with Crippen molar-refractivity contribution in [1.82, 2.24) is 10.2 Å². The van der Waals surface area contributed by atoms with Crippen molar-refractivity contribution in [3.8, 4) is 11.5 Å². The lowest BCUT2D eigenvalue weighted by Gasteiger charge is -2.26. The summed E-state index contributed by atoms with van der Waals surface area (Å²) < 4.78 is 18.0. The predicted octanol–water partition coefficient (Wildman–Crippen LogP) is 5.42. The molecule has 2 aliphatic carbocycles. The first kappa shape index (κ1) is 24.1. The van der Waals surface area contributed by atoms with Gasteiger partial charge in [-0.15, -0.1) is 0 Å². The maximum atomic E-state index is 6.07. The second-order valence-corrected chi connectivity index (χ2v) is 10.5. The molecule has 37 heavy (non-hydrogen) atoms. The lowest BCUT2D eigenvalue weighted by Crippen LogP contribution is -2.33. The third kappa shape index (κ3) is 6.37. The number of benzene rings is 2. The number of piperidine rings is 1. The van der Waals surface area contributed by atoms with Gasteiger partial charge in [0.2, 0.25) is 0 Å². The lowest BCUT2D eigenvalue weighted by molar-refractivity contribution is 0.183. The minimum atomic E-state index is 0.0170. The molecule has 2 aliphatic heterocycles. The van der Waals surface area contributed by atoms with Gasteiger partial charge in [0.25, 0.3) is 6.02 Å². The van der Waals surface area contributed by atoms with E-state index in [1.807, 2.05) is 24.3 Å². The van der Waals surface area contributed by atoms with Gasteiger partial charge in [0.15, 0.2) is 0 Å². The molecule has 3 atom stereocenters. The fraction of sp³-hybridized carbons (Fsp3) is 0.452. The molecule has 1 saturated carbocycles. The Morgan fingerprint density at radius 2 is 1.62 bits per heavy atom. The summed E-state index contributed by atoms with van der Waals surface area (Å²) in [6, 6.07) is 17.6. The number of hydrogen-bond acceptors (Lipinski definition) is 6. The van der Waals surface area contributed by atoms with Crippen LogP contribution >= 0.6 is 0 Å². The summed E-state index contributed by atoms with van der Waals surface area (Å²) in [6.45, 7) is 4.70. The van der Waals surface area contributed by atoms with Crippen LogP contribution < -0.4 is 14.8 Å². The van der Waals surface area contributed by atoms with E-state index in [2.05, 4.69) is 58.8 Å². The summed E-state index contributed by atoms with van der Waals surface area (Å²) >= 11 is 0. The highest BCUT2D eigenvalue weighted by atomic mass is 16.5. The predicted molar refractivity (Wildman–Crippen MR) is 146 cm³/mol. The van der Waals surface area contributed by atoms with E-state index in [1.165, 1.54) is 50.8 Å². The van der Waals surface area contributed by atoms with Crippen molar-refractivity contribution >= 4 is 6.02 Å². The summed E-state index contributed by atoms with van der Waals surface area (Å²) in [5.74, 6) is 2.41. The molecular weight excluding hydrogens is 462 g/mol. The van der Waals surface area contributed by atoms with Crippen LogP contribution in [0.3, 0.4) is 0 Å². The number of nitrogens with one attached hydrogen (secondary N) is 1. The van der Waals surface area contributed by atoms with E-state index in [0.717, 1.165) is 30.2 Å². The highest BCUT2D eigenvalue weighted by molar-refractivity contribution is 5.77. The van der Waals surface area contributed by atoms with Crippen LogP contribution in [0.4, 0.5) is 0 Å². The zero-order valence-electron chi connectivity index (χ0n) is 21.4. The molecule has 0 radical (unpaired) electrons. The van der Waals surface area contributed by atoms with E-state index < -0.39 is 0 Å². The van der Waals surface area contributed by atoms with Gasteiger partial charge in [0.05, 0.1) is 6.04 Å². The molecule has 0 bridgehead atoms. The van der Waals surface area contributed by atoms with Crippen molar-refractivity contribution in [3.63, 3.8) is 0 Å². The third-order valence-electron chi connectivity index (χ3n) is 7.64. The second kappa shape index (κ2) is 11.4. The largest absolute Gasteiger partial charge is 0.492 e. The molecule has 2 fully saturated rings. The molecule has 4 aliphatic rings. The number of allylic oxidation sites excluding steroid dienone is 2. The zero-order chi connectivity index (χ0) is 24.9. The van der Waals surface area contributed by atoms with E-state index >= 15 is 0 Å². The second-order valence-electron chi connectivity index (χ2n) is 10.5. The molecule has 2 aromatic carbocycles. The number of hydrogen-bond donors (Lipinski definition) is 1. The van der Waals surface area contributed by atoms with Crippen molar-refractivity contribution in [1.29, 1.82) is 0 Å². The van der Waals surface area contributed by atoms with Crippen molar-refractivity contribution < 1.29 is 14.2 Å². The first-order valence-corrected chi connectivity index (χ1v) is 13.8. The Morgan fingerprint density at radius 3 is 2.38 bits per heavy atom. The SMILES string of the molecule is C1=CC2N=C(NC(c3ccc(OCc4ccc(OCCN5CCCCC5)cc4)cc3)C3CC3)OC2C=C1. The van der Waals surface area contributed by atoms with E-state index in [0.29, 0.717) is 18.5 Å². The molecule has 1 N–H and O–H groups in total. The Bertz CT molecular complexity index is 1120. The van der Waals surface area contributed by atoms with Gasteiger partial charge in [-0.05, 0) is 86.2 Å². The molecule has 0 amide bonds. The average Bonchev–Trinajstić information content (AvgIpc) is 3.71. The normalized spacial score (nSPS) is 23.6. The number of rotatable bonds is 10. The van der Waals surface area contributed by atoms with Crippen LogP contribution in [0.2, 0.25) is 0 Å². The highest BCUT2D eigenvalue weighted by Crippen LogP contribution is 2.41. The first-order valence-electron chi connectivity index (χ1n) is 13.8. The van der Waals surface area contributed by atoms with Crippen LogP contribution in [0.15, 0.2) is 77.8 Å². The van der Waals surface area contributed by atoms with Gasteiger partial charge in [-0.2, -0.15) is 0 Å². The topological polar surface area (TPSA) is 55.3 Å². The van der Waals surface area contributed by atoms with Crippen LogP contribution in [-0.4, -0.2) is 49.3 Å². The molecule has 194 valence electrons. The Labute approximate surface area is 220 Å². The van der Waals surface area contributed by atoms with Crippen LogP contribution in [0.1, 0.15) is 49.3 Å². The number of ether oxygens (including phenoxy) is 3. The van der Waals surface area contributed by atoms with Gasteiger partial charge in [-0.25, -0.2) is 4.99 Å². The summed E-state index contributed by atoms with van der Waals surface area (Å²) in [7, 11) is 0. The van der Waals surface area contributed by atoms with Crippen molar-refractivity contribution in [2.75, 3.05) is 26.2 Å². The Kier molecular flexibility index (Phi) is 7.45.